The third kappa shape index (κ3) is 5.53. The molecule has 0 atom stereocenters. The van der Waals surface area contributed by atoms with Gasteiger partial charge in [-0.25, -0.2) is 0 Å². The van der Waals surface area contributed by atoms with E-state index < -0.39 is 0 Å². The van der Waals surface area contributed by atoms with E-state index in [1.54, 1.807) is 18.3 Å². The smallest absolute Gasteiger partial charge is 0.0402 e. The van der Waals surface area contributed by atoms with Crippen molar-refractivity contribution in [1.29, 1.82) is 0 Å². The number of aliphatic hydroxyl groups is 1. The van der Waals surface area contributed by atoms with Crippen LogP contribution in [0.2, 0.25) is 0 Å². The van der Waals surface area contributed by atoms with Gasteiger partial charge in [0, 0.05) is 6.61 Å². The lowest BCUT2D eigenvalue weighted by molar-refractivity contribution is 0.318. The zero-order chi connectivity index (χ0) is 7.11. The standard InChI is InChI=1S/C5H6S.C2H6O/c1-5-2-3-6-4-5;1-2-3/h2-4H,1H3;3H,2H2,1H3. The van der Waals surface area contributed by atoms with Gasteiger partial charge in [-0.3, -0.25) is 0 Å². The Morgan fingerprint density at radius 1 is 1.67 bits per heavy atom. The topological polar surface area (TPSA) is 20.2 Å². The van der Waals surface area contributed by atoms with Gasteiger partial charge >= 0.3 is 0 Å². The summed E-state index contributed by atoms with van der Waals surface area (Å²) in [6.07, 6.45) is 0. The van der Waals surface area contributed by atoms with Gasteiger partial charge in [-0.05, 0) is 36.2 Å². The van der Waals surface area contributed by atoms with Gasteiger partial charge in [-0.15, -0.1) is 0 Å². The highest BCUT2D eigenvalue weighted by atomic mass is 32.1. The van der Waals surface area contributed by atoms with Gasteiger partial charge in [0.15, 0.2) is 0 Å². The SMILES string of the molecule is CCO.Cc1ccsc1. The van der Waals surface area contributed by atoms with E-state index in [-0.39, 0.29) is 6.61 Å². The molecule has 0 saturated heterocycles. The van der Waals surface area contributed by atoms with Crippen LogP contribution in [0.3, 0.4) is 0 Å². The highest BCUT2D eigenvalue weighted by Gasteiger charge is 1.74. The Labute approximate surface area is 60.0 Å². The van der Waals surface area contributed by atoms with E-state index in [0.29, 0.717) is 0 Å². The number of hydrogen-bond acceptors (Lipinski definition) is 2. The summed E-state index contributed by atoms with van der Waals surface area (Å²) in [5, 5.41) is 11.8. The molecule has 0 unspecified atom stereocenters. The summed E-state index contributed by atoms with van der Waals surface area (Å²) in [5.41, 5.74) is 1.36. The lowest BCUT2D eigenvalue weighted by Gasteiger charge is -1.65. The Bertz CT molecular complexity index is 123. The van der Waals surface area contributed by atoms with Crippen LogP contribution in [-0.2, 0) is 0 Å². The average Bonchev–Trinajstić information content (AvgIpc) is 2.20. The number of aryl methyl sites for hydroxylation is 1. The number of hydrogen-bond donors (Lipinski definition) is 1. The number of aliphatic hydroxyl groups excluding tert-OH is 1. The third-order valence-corrected chi connectivity index (χ3v) is 1.46. The minimum absolute atomic E-state index is 0.250. The molecule has 0 aliphatic carbocycles. The third-order valence-electron chi connectivity index (χ3n) is 0.663. The molecule has 1 N–H and O–H groups in total. The molecule has 1 aromatic rings. The van der Waals surface area contributed by atoms with Crippen LogP contribution >= 0.6 is 11.3 Å². The van der Waals surface area contributed by atoms with Crippen molar-refractivity contribution in [1.82, 2.24) is 0 Å². The van der Waals surface area contributed by atoms with Gasteiger partial charge in [0.05, 0.1) is 0 Å². The minimum atomic E-state index is 0.250. The van der Waals surface area contributed by atoms with E-state index in [1.165, 1.54) is 5.56 Å². The summed E-state index contributed by atoms with van der Waals surface area (Å²) in [5.74, 6) is 0. The summed E-state index contributed by atoms with van der Waals surface area (Å²) in [6, 6.07) is 2.10. The summed E-state index contributed by atoms with van der Waals surface area (Å²) in [7, 11) is 0. The fraction of sp³-hybridized carbons (Fsp3) is 0.429. The molecule has 9 heavy (non-hydrogen) atoms. The molecule has 52 valence electrons. The Morgan fingerprint density at radius 2 is 2.22 bits per heavy atom. The zero-order valence-electron chi connectivity index (χ0n) is 5.79. The van der Waals surface area contributed by atoms with Gasteiger partial charge in [-0.2, -0.15) is 11.3 Å². The van der Waals surface area contributed by atoms with Gasteiger partial charge < -0.3 is 5.11 Å². The molecule has 0 radical (unpaired) electrons. The van der Waals surface area contributed by atoms with Crippen LogP contribution in [0.15, 0.2) is 16.8 Å². The van der Waals surface area contributed by atoms with Crippen molar-refractivity contribution in [2.24, 2.45) is 0 Å². The fourth-order valence-electron chi connectivity index (χ4n) is 0.333. The molecular weight excluding hydrogens is 132 g/mol. The van der Waals surface area contributed by atoms with Crippen LogP contribution in [-0.4, -0.2) is 11.7 Å². The average molecular weight is 144 g/mol. The number of rotatable bonds is 0. The Morgan fingerprint density at radius 3 is 2.33 bits per heavy atom. The molecule has 2 heteroatoms. The van der Waals surface area contributed by atoms with E-state index in [0.717, 1.165) is 0 Å². The van der Waals surface area contributed by atoms with Crippen LogP contribution in [0, 0.1) is 6.92 Å². The molecule has 1 heterocycles. The molecule has 0 aliphatic heterocycles. The first-order chi connectivity index (χ1) is 4.31. The summed E-state index contributed by atoms with van der Waals surface area (Å²) in [6.45, 7) is 4.02. The van der Waals surface area contributed by atoms with Crippen LogP contribution < -0.4 is 0 Å². The molecule has 0 amide bonds. The van der Waals surface area contributed by atoms with Crippen molar-refractivity contribution in [3.05, 3.63) is 22.4 Å². The second-order valence-corrected chi connectivity index (χ2v) is 2.40. The minimum Gasteiger partial charge on any atom is -0.397 e. The van der Waals surface area contributed by atoms with E-state index in [4.69, 9.17) is 5.11 Å². The highest BCUT2D eigenvalue weighted by molar-refractivity contribution is 7.07. The second-order valence-electron chi connectivity index (χ2n) is 1.62. The predicted octanol–water partition coefficient (Wildman–Crippen LogP) is 2.06. The van der Waals surface area contributed by atoms with Gasteiger partial charge in [0.25, 0.3) is 0 Å². The molecule has 1 rings (SSSR count). The van der Waals surface area contributed by atoms with Crippen LogP contribution in [0.1, 0.15) is 12.5 Å². The molecule has 1 nitrogen and oxygen atoms in total. The van der Waals surface area contributed by atoms with E-state index in [9.17, 15) is 0 Å². The largest absolute Gasteiger partial charge is 0.397 e. The first-order valence-electron chi connectivity index (χ1n) is 2.91. The highest BCUT2D eigenvalue weighted by Crippen LogP contribution is 2.01. The van der Waals surface area contributed by atoms with E-state index >= 15 is 0 Å². The van der Waals surface area contributed by atoms with Gasteiger partial charge in [-0.1, -0.05) is 0 Å². The summed E-state index contributed by atoms with van der Waals surface area (Å²) in [4.78, 5) is 0. The molecule has 0 aromatic carbocycles. The van der Waals surface area contributed by atoms with Crippen molar-refractivity contribution in [2.75, 3.05) is 6.61 Å². The van der Waals surface area contributed by atoms with Gasteiger partial charge in [0.1, 0.15) is 0 Å². The fourth-order valence-corrected chi connectivity index (χ4v) is 0.998. The van der Waals surface area contributed by atoms with Crippen molar-refractivity contribution in [3.8, 4) is 0 Å². The van der Waals surface area contributed by atoms with Crippen LogP contribution in [0.4, 0.5) is 0 Å². The first-order valence-corrected chi connectivity index (χ1v) is 3.85. The maximum absolute atomic E-state index is 7.57. The maximum atomic E-state index is 7.57. The molecular formula is C7H12OS. The van der Waals surface area contributed by atoms with Crippen molar-refractivity contribution in [2.45, 2.75) is 13.8 Å². The van der Waals surface area contributed by atoms with Crippen molar-refractivity contribution < 1.29 is 5.11 Å². The lowest BCUT2D eigenvalue weighted by atomic mass is 10.4. The van der Waals surface area contributed by atoms with E-state index in [1.807, 2.05) is 0 Å². The predicted molar refractivity (Wildman–Crippen MR) is 41.8 cm³/mol. The van der Waals surface area contributed by atoms with Crippen LogP contribution in [0.25, 0.3) is 0 Å². The molecule has 0 aliphatic rings. The Kier molecular flexibility index (Phi) is 5.57. The quantitative estimate of drug-likeness (QED) is 0.591. The van der Waals surface area contributed by atoms with Crippen LogP contribution in [0.5, 0.6) is 0 Å². The monoisotopic (exact) mass is 144 g/mol. The Balaban J connectivity index is 0.000000187. The van der Waals surface area contributed by atoms with Crippen molar-refractivity contribution in [3.63, 3.8) is 0 Å². The van der Waals surface area contributed by atoms with E-state index in [2.05, 4.69) is 23.8 Å². The molecule has 0 spiro atoms. The lowest BCUT2D eigenvalue weighted by Crippen LogP contribution is -1.57. The zero-order valence-corrected chi connectivity index (χ0v) is 6.61. The second kappa shape index (κ2) is 5.79. The van der Waals surface area contributed by atoms with Crippen molar-refractivity contribution >= 4 is 11.3 Å². The molecule has 0 saturated carbocycles. The summed E-state index contributed by atoms with van der Waals surface area (Å²) < 4.78 is 0. The summed E-state index contributed by atoms with van der Waals surface area (Å²) >= 11 is 1.74. The first kappa shape index (κ1) is 8.66. The molecule has 0 bridgehead atoms. The Hall–Kier alpha value is -0.340. The van der Waals surface area contributed by atoms with Gasteiger partial charge in [0.2, 0.25) is 0 Å². The molecule has 1 aromatic heterocycles. The maximum Gasteiger partial charge on any atom is 0.0402 e. The normalized spacial score (nSPS) is 7.89. The molecule has 0 fully saturated rings. The number of thiophene rings is 1.